The van der Waals surface area contributed by atoms with Crippen LogP contribution in [-0.4, -0.2) is 16.5 Å². The summed E-state index contributed by atoms with van der Waals surface area (Å²) in [6.45, 7) is 3.06. The zero-order valence-corrected chi connectivity index (χ0v) is 15.6. The van der Waals surface area contributed by atoms with Crippen LogP contribution < -0.4 is 10.9 Å². The van der Waals surface area contributed by atoms with Gasteiger partial charge >= 0.3 is 5.69 Å². The molecule has 0 amide bonds. The fraction of sp³-hybridized carbons (Fsp3) is 0.737. The van der Waals surface area contributed by atoms with Crippen molar-refractivity contribution < 1.29 is 4.92 Å². The first kappa shape index (κ1) is 21.4. The van der Waals surface area contributed by atoms with E-state index in [-0.39, 0.29) is 5.69 Å². The number of aromatic nitrogens is 1. The standard InChI is InChI=1S/C19H34N4O2/c1-2-3-4-5-6-7-8-9-10-11-12-13-15-21-22-18-14-16-20-17-19(18)23(24)25/h14,16-17,21H,2-13,15H2,1H3,(H,20,22). The molecule has 6 heteroatoms. The molecule has 0 bridgehead atoms. The molecule has 1 aromatic heterocycles. The Kier molecular flexibility index (Phi) is 12.5. The third-order valence-electron chi connectivity index (χ3n) is 4.38. The number of nitro groups is 1. The molecular formula is C19H34N4O2. The maximum Gasteiger partial charge on any atom is 0.311 e. The van der Waals surface area contributed by atoms with Gasteiger partial charge in [0.15, 0.2) is 0 Å². The number of nitrogens with one attached hydrogen (secondary N) is 2. The minimum absolute atomic E-state index is 0.00954. The van der Waals surface area contributed by atoms with Gasteiger partial charge in [-0.2, -0.15) is 0 Å². The van der Waals surface area contributed by atoms with Crippen molar-refractivity contribution in [2.75, 3.05) is 12.0 Å². The normalized spacial score (nSPS) is 10.8. The van der Waals surface area contributed by atoms with Crippen LogP contribution in [0.5, 0.6) is 0 Å². The lowest BCUT2D eigenvalue weighted by atomic mass is 10.1. The average molecular weight is 351 g/mol. The van der Waals surface area contributed by atoms with E-state index in [2.05, 4.69) is 22.8 Å². The predicted molar refractivity (Wildman–Crippen MR) is 104 cm³/mol. The quantitative estimate of drug-likeness (QED) is 0.230. The van der Waals surface area contributed by atoms with Gasteiger partial charge in [-0.1, -0.05) is 77.6 Å². The topological polar surface area (TPSA) is 80.1 Å². The van der Waals surface area contributed by atoms with Crippen LogP contribution in [-0.2, 0) is 0 Å². The Labute approximate surface area is 151 Å². The van der Waals surface area contributed by atoms with E-state index in [0.29, 0.717) is 5.69 Å². The fourth-order valence-corrected chi connectivity index (χ4v) is 2.85. The van der Waals surface area contributed by atoms with E-state index in [0.717, 1.165) is 13.0 Å². The second kappa shape index (κ2) is 14.6. The van der Waals surface area contributed by atoms with Crippen LogP contribution in [0.25, 0.3) is 0 Å². The molecule has 0 saturated carbocycles. The molecule has 0 atom stereocenters. The Morgan fingerprint density at radius 2 is 1.52 bits per heavy atom. The Hall–Kier alpha value is -1.69. The van der Waals surface area contributed by atoms with Gasteiger partial charge < -0.3 is 5.43 Å². The number of hydrogen-bond acceptors (Lipinski definition) is 5. The van der Waals surface area contributed by atoms with E-state index in [9.17, 15) is 10.1 Å². The van der Waals surface area contributed by atoms with Gasteiger partial charge in [0.25, 0.3) is 0 Å². The van der Waals surface area contributed by atoms with Crippen LogP contribution in [0.3, 0.4) is 0 Å². The Morgan fingerprint density at radius 3 is 2.08 bits per heavy atom. The van der Waals surface area contributed by atoms with E-state index in [1.165, 1.54) is 76.8 Å². The summed E-state index contributed by atoms with van der Waals surface area (Å²) in [4.78, 5) is 14.2. The van der Waals surface area contributed by atoms with Crippen LogP contribution in [0.15, 0.2) is 18.5 Å². The molecule has 1 aromatic rings. The first-order chi connectivity index (χ1) is 12.3. The predicted octanol–water partition coefficient (Wildman–Crippen LogP) is 5.61. The molecule has 1 rings (SSSR count). The molecular weight excluding hydrogens is 316 g/mol. The molecule has 0 aliphatic rings. The summed E-state index contributed by atoms with van der Waals surface area (Å²) in [6.07, 6.45) is 18.7. The van der Waals surface area contributed by atoms with Crippen LogP contribution in [0.1, 0.15) is 84.0 Å². The highest BCUT2D eigenvalue weighted by Gasteiger charge is 2.12. The van der Waals surface area contributed by atoms with Crippen LogP contribution in [0, 0.1) is 10.1 Å². The van der Waals surface area contributed by atoms with Crippen molar-refractivity contribution in [2.45, 2.75) is 84.0 Å². The molecule has 0 unspecified atom stereocenters. The second-order valence-corrected chi connectivity index (χ2v) is 6.59. The average Bonchev–Trinajstić information content (AvgIpc) is 2.62. The SMILES string of the molecule is CCCCCCCCCCCCCCNNc1ccncc1[N+](=O)[O-]. The molecule has 0 aromatic carbocycles. The number of unbranched alkanes of at least 4 members (excludes halogenated alkanes) is 11. The summed E-state index contributed by atoms with van der Waals surface area (Å²) in [6, 6.07) is 1.60. The molecule has 6 nitrogen and oxygen atoms in total. The van der Waals surface area contributed by atoms with E-state index in [1.54, 1.807) is 12.3 Å². The highest BCUT2D eigenvalue weighted by molar-refractivity contribution is 5.58. The third kappa shape index (κ3) is 10.7. The van der Waals surface area contributed by atoms with E-state index in [1.807, 2.05) is 0 Å². The maximum atomic E-state index is 10.9. The van der Waals surface area contributed by atoms with E-state index >= 15 is 0 Å². The zero-order valence-electron chi connectivity index (χ0n) is 15.6. The number of nitrogens with zero attached hydrogens (tertiary/aromatic N) is 2. The van der Waals surface area contributed by atoms with Crippen molar-refractivity contribution in [3.63, 3.8) is 0 Å². The fourth-order valence-electron chi connectivity index (χ4n) is 2.85. The summed E-state index contributed by atoms with van der Waals surface area (Å²) >= 11 is 0. The van der Waals surface area contributed by atoms with Gasteiger partial charge in [0.2, 0.25) is 0 Å². The molecule has 2 N–H and O–H groups in total. The van der Waals surface area contributed by atoms with Gasteiger partial charge in [0.1, 0.15) is 11.9 Å². The number of hydrogen-bond donors (Lipinski definition) is 2. The van der Waals surface area contributed by atoms with Gasteiger partial charge in [-0.3, -0.25) is 15.1 Å². The lowest BCUT2D eigenvalue weighted by Gasteiger charge is -2.08. The molecule has 0 aliphatic carbocycles. The molecule has 142 valence electrons. The number of rotatable bonds is 16. The summed E-state index contributed by atoms with van der Waals surface area (Å²) in [7, 11) is 0. The Balaban J connectivity index is 1.90. The largest absolute Gasteiger partial charge is 0.315 e. The van der Waals surface area contributed by atoms with Crippen molar-refractivity contribution in [3.05, 3.63) is 28.6 Å². The van der Waals surface area contributed by atoms with Crippen LogP contribution in [0.2, 0.25) is 0 Å². The van der Waals surface area contributed by atoms with Crippen molar-refractivity contribution in [1.29, 1.82) is 0 Å². The second-order valence-electron chi connectivity index (χ2n) is 6.59. The Bertz CT molecular complexity index is 468. The van der Waals surface area contributed by atoms with Crippen molar-refractivity contribution in [1.82, 2.24) is 10.4 Å². The van der Waals surface area contributed by atoms with Gasteiger partial charge in [-0.25, -0.2) is 5.43 Å². The third-order valence-corrected chi connectivity index (χ3v) is 4.38. The molecule has 0 radical (unpaired) electrons. The van der Waals surface area contributed by atoms with Gasteiger partial charge in [0, 0.05) is 12.7 Å². The van der Waals surface area contributed by atoms with Crippen LogP contribution in [0.4, 0.5) is 11.4 Å². The zero-order chi connectivity index (χ0) is 18.2. The summed E-state index contributed by atoms with van der Waals surface area (Å²) in [5.41, 5.74) is 6.40. The maximum absolute atomic E-state index is 10.9. The van der Waals surface area contributed by atoms with Crippen LogP contribution >= 0.6 is 0 Å². The first-order valence-electron chi connectivity index (χ1n) is 9.83. The Morgan fingerprint density at radius 1 is 0.960 bits per heavy atom. The molecule has 0 fully saturated rings. The minimum Gasteiger partial charge on any atom is -0.315 e. The van der Waals surface area contributed by atoms with Crippen molar-refractivity contribution in [3.8, 4) is 0 Å². The molecule has 25 heavy (non-hydrogen) atoms. The summed E-state index contributed by atoms with van der Waals surface area (Å²) in [5.74, 6) is 0. The van der Waals surface area contributed by atoms with Crippen molar-refractivity contribution in [2.24, 2.45) is 0 Å². The summed E-state index contributed by atoms with van der Waals surface area (Å²) in [5, 5.41) is 10.9. The molecule has 0 aliphatic heterocycles. The lowest BCUT2D eigenvalue weighted by Crippen LogP contribution is -2.23. The van der Waals surface area contributed by atoms with Gasteiger partial charge in [-0.05, 0) is 12.5 Å². The highest BCUT2D eigenvalue weighted by Crippen LogP contribution is 2.20. The molecule has 0 saturated heterocycles. The van der Waals surface area contributed by atoms with E-state index < -0.39 is 4.92 Å². The first-order valence-corrected chi connectivity index (χ1v) is 9.83. The van der Waals surface area contributed by atoms with E-state index in [4.69, 9.17) is 0 Å². The lowest BCUT2D eigenvalue weighted by molar-refractivity contribution is -0.384. The monoisotopic (exact) mass is 350 g/mol. The van der Waals surface area contributed by atoms with Gasteiger partial charge in [0.05, 0.1) is 4.92 Å². The number of pyridine rings is 1. The minimum atomic E-state index is -0.430. The molecule has 1 heterocycles. The molecule has 0 spiro atoms. The number of hydrazine groups is 1. The summed E-state index contributed by atoms with van der Waals surface area (Å²) < 4.78 is 0. The van der Waals surface area contributed by atoms with Gasteiger partial charge in [-0.15, -0.1) is 0 Å². The van der Waals surface area contributed by atoms with Crippen molar-refractivity contribution >= 4 is 11.4 Å². The smallest absolute Gasteiger partial charge is 0.311 e. The highest BCUT2D eigenvalue weighted by atomic mass is 16.6. The number of anilines is 1.